The summed E-state index contributed by atoms with van der Waals surface area (Å²) < 4.78 is 38.2. The summed E-state index contributed by atoms with van der Waals surface area (Å²) in [6.07, 6.45) is 4.89. The van der Waals surface area contributed by atoms with Crippen LogP contribution in [0.15, 0.2) is 29.2 Å². The van der Waals surface area contributed by atoms with Crippen LogP contribution in [-0.4, -0.2) is 50.1 Å². The zero-order valence-electron chi connectivity index (χ0n) is 15.4. The van der Waals surface area contributed by atoms with Crippen molar-refractivity contribution >= 4 is 16.0 Å². The second-order valence-electron chi connectivity index (χ2n) is 7.27. The van der Waals surface area contributed by atoms with Gasteiger partial charge in [0.05, 0.1) is 22.7 Å². The Bertz CT molecular complexity index is 715. The van der Waals surface area contributed by atoms with E-state index in [0.29, 0.717) is 18.7 Å². The van der Waals surface area contributed by atoms with Crippen molar-refractivity contribution in [3.63, 3.8) is 0 Å². The van der Waals surface area contributed by atoms with Crippen molar-refractivity contribution in [2.45, 2.75) is 69.2 Å². The van der Waals surface area contributed by atoms with E-state index in [1.54, 1.807) is 0 Å². The Morgan fingerprint density at radius 1 is 1.04 bits per heavy atom. The summed E-state index contributed by atoms with van der Waals surface area (Å²) in [7, 11) is -3.60. The Hall–Kier alpha value is -1.44. The molecular weight excluding hydrogens is 354 g/mol. The van der Waals surface area contributed by atoms with Gasteiger partial charge in [-0.2, -0.15) is 4.31 Å². The highest BCUT2D eigenvalue weighted by Crippen LogP contribution is 2.23. The number of hydrogen-bond donors (Lipinski definition) is 0. The second kappa shape index (κ2) is 8.06. The number of morpholine rings is 1. The standard InChI is InChI=1S/C19H27NO5S/c1-14-12-20(13-15(2)24-14)26(22,23)18-10-8-16(9-11-18)19(21)25-17-6-4-3-5-7-17/h8-11,14-15,17H,3-7,12-13H2,1-2H3/t14-,15+. The summed E-state index contributed by atoms with van der Waals surface area (Å²) in [5, 5.41) is 0. The maximum atomic E-state index is 12.8. The molecular formula is C19H27NO5S. The number of sulfonamides is 1. The lowest BCUT2D eigenvalue weighted by atomic mass is 9.98. The van der Waals surface area contributed by atoms with Gasteiger partial charge in [0.1, 0.15) is 6.10 Å². The number of benzene rings is 1. The highest BCUT2D eigenvalue weighted by atomic mass is 32.2. The van der Waals surface area contributed by atoms with Crippen LogP contribution in [0.5, 0.6) is 0 Å². The van der Waals surface area contributed by atoms with E-state index in [9.17, 15) is 13.2 Å². The average Bonchev–Trinajstić information content (AvgIpc) is 2.62. The molecule has 2 atom stereocenters. The molecule has 1 aromatic rings. The monoisotopic (exact) mass is 381 g/mol. The van der Waals surface area contributed by atoms with Crippen LogP contribution in [0.2, 0.25) is 0 Å². The van der Waals surface area contributed by atoms with Crippen LogP contribution in [0, 0.1) is 0 Å². The van der Waals surface area contributed by atoms with Crippen LogP contribution in [0.4, 0.5) is 0 Å². The summed E-state index contributed by atoms with van der Waals surface area (Å²) in [4.78, 5) is 12.5. The lowest BCUT2D eigenvalue weighted by molar-refractivity contribution is -0.0440. The van der Waals surface area contributed by atoms with Gasteiger partial charge in [0.25, 0.3) is 0 Å². The maximum absolute atomic E-state index is 12.8. The van der Waals surface area contributed by atoms with Gasteiger partial charge in [0.15, 0.2) is 0 Å². The molecule has 26 heavy (non-hydrogen) atoms. The minimum Gasteiger partial charge on any atom is -0.459 e. The summed E-state index contributed by atoms with van der Waals surface area (Å²) in [5.41, 5.74) is 0.387. The van der Waals surface area contributed by atoms with E-state index in [-0.39, 0.29) is 29.2 Å². The Kier molecular flexibility index (Phi) is 5.99. The first kappa shape index (κ1) is 19.3. The molecule has 0 aromatic heterocycles. The molecule has 2 aliphatic rings. The third-order valence-electron chi connectivity index (χ3n) is 4.94. The van der Waals surface area contributed by atoms with E-state index in [1.165, 1.54) is 35.0 Å². The average molecular weight is 381 g/mol. The smallest absolute Gasteiger partial charge is 0.338 e. The molecule has 1 saturated heterocycles. The van der Waals surface area contributed by atoms with Gasteiger partial charge in [-0.25, -0.2) is 13.2 Å². The van der Waals surface area contributed by atoms with Gasteiger partial charge in [-0.1, -0.05) is 6.42 Å². The van der Waals surface area contributed by atoms with Gasteiger partial charge in [-0.15, -0.1) is 0 Å². The molecule has 7 heteroatoms. The molecule has 1 heterocycles. The number of esters is 1. The van der Waals surface area contributed by atoms with Crippen molar-refractivity contribution in [3.8, 4) is 0 Å². The van der Waals surface area contributed by atoms with Gasteiger partial charge in [-0.3, -0.25) is 0 Å². The minimum atomic E-state index is -3.60. The first-order valence-corrected chi connectivity index (χ1v) is 10.8. The summed E-state index contributed by atoms with van der Waals surface area (Å²) in [5.74, 6) is -0.380. The summed E-state index contributed by atoms with van der Waals surface area (Å²) >= 11 is 0. The highest BCUT2D eigenvalue weighted by Gasteiger charge is 2.32. The molecule has 6 nitrogen and oxygen atoms in total. The fourth-order valence-electron chi connectivity index (χ4n) is 3.64. The molecule has 3 rings (SSSR count). The Morgan fingerprint density at radius 3 is 2.19 bits per heavy atom. The fourth-order valence-corrected chi connectivity index (χ4v) is 5.23. The third kappa shape index (κ3) is 4.45. The number of carbonyl (C=O) groups excluding carboxylic acids is 1. The molecule has 0 amide bonds. The molecule has 2 fully saturated rings. The van der Waals surface area contributed by atoms with E-state index in [4.69, 9.17) is 9.47 Å². The van der Waals surface area contributed by atoms with Crippen LogP contribution in [0.3, 0.4) is 0 Å². The lowest BCUT2D eigenvalue weighted by Crippen LogP contribution is -2.48. The molecule has 144 valence electrons. The fraction of sp³-hybridized carbons (Fsp3) is 0.632. The van der Waals surface area contributed by atoms with E-state index in [0.717, 1.165) is 25.7 Å². The van der Waals surface area contributed by atoms with Crippen LogP contribution >= 0.6 is 0 Å². The molecule has 1 aromatic carbocycles. The van der Waals surface area contributed by atoms with Crippen LogP contribution in [-0.2, 0) is 19.5 Å². The number of hydrogen-bond acceptors (Lipinski definition) is 5. The quantitative estimate of drug-likeness (QED) is 0.750. The Labute approximate surface area is 155 Å². The van der Waals surface area contributed by atoms with Crippen LogP contribution in [0.1, 0.15) is 56.3 Å². The number of ether oxygens (including phenoxy) is 2. The maximum Gasteiger partial charge on any atom is 0.338 e. The van der Waals surface area contributed by atoms with E-state index in [1.807, 2.05) is 13.8 Å². The number of nitrogens with zero attached hydrogens (tertiary/aromatic N) is 1. The highest BCUT2D eigenvalue weighted by molar-refractivity contribution is 7.89. The first-order chi connectivity index (χ1) is 12.4. The van der Waals surface area contributed by atoms with Gasteiger partial charge in [-0.05, 0) is 63.8 Å². The zero-order valence-corrected chi connectivity index (χ0v) is 16.2. The van der Waals surface area contributed by atoms with E-state index >= 15 is 0 Å². The van der Waals surface area contributed by atoms with Gasteiger partial charge < -0.3 is 9.47 Å². The predicted octanol–water partition coefficient (Wildman–Crippen LogP) is 2.97. The van der Waals surface area contributed by atoms with E-state index < -0.39 is 10.0 Å². The first-order valence-electron chi connectivity index (χ1n) is 9.33. The minimum absolute atomic E-state index is 0.0176. The van der Waals surface area contributed by atoms with Crippen molar-refractivity contribution in [2.24, 2.45) is 0 Å². The topological polar surface area (TPSA) is 72.9 Å². The second-order valence-corrected chi connectivity index (χ2v) is 9.21. The van der Waals surface area contributed by atoms with Crippen molar-refractivity contribution in [3.05, 3.63) is 29.8 Å². The van der Waals surface area contributed by atoms with E-state index in [2.05, 4.69) is 0 Å². The summed E-state index contributed by atoms with van der Waals surface area (Å²) in [6.45, 7) is 4.39. The van der Waals surface area contributed by atoms with Gasteiger partial charge in [0, 0.05) is 13.1 Å². The number of carbonyl (C=O) groups is 1. The van der Waals surface area contributed by atoms with Crippen molar-refractivity contribution < 1.29 is 22.7 Å². The lowest BCUT2D eigenvalue weighted by Gasteiger charge is -2.34. The van der Waals surface area contributed by atoms with Crippen LogP contribution < -0.4 is 0 Å². The van der Waals surface area contributed by atoms with Crippen molar-refractivity contribution in [2.75, 3.05) is 13.1 Å². The molecule has 1 aliphatic heterocycles. The van der Waals surface area contributed by atoms with Crippen molar-refractivity contribution in [1.82, 2.24) is 4.31 Å². The van der Waals surface area contributed by atoms with Gasteiger partial charge >= 0.3 is 5.97 Å². The molecule has 0 N–H and O–H groups in total. The largest absolute Gasteiger partial charge is 0.459 e. The molecule has 0 radical (unpaired) electrons. The molecule has 0 bridgehead atoms. The summed E-state index contributed by atoms with van der Waals surface area (Å²) in [6, 6.07) is 6.03. The molecule has 1 aliphatic carbocycles. The van der Waals surface area contributed by atoms with Crippen molar-refractivity contribution in [1.29, 1.82) is 0 Å². The zero-order chi connectivity index (χ0) is 18.7. The molecule has 0 spiro atoms. The molecule has 1 saturated carbocycles. The third-order valence-corrected chi connectivity index (χ3v) is 6.79. The van der Waals surface area contributed by atoms with Gasteiger partial charge in [0.2, 0.25) is 10.0 Å². The number of rotatable bonds is 4. The molecule has 0 unspecified atom stereocenters. The SMILES string of the molecule is C[C@@H]1CN(S(=O)(=O)c2ccc(C(=O)OC3CCCCC3)cc2)C[C@H](C)O1. The Balaban J connectivity index is 1.69. The Morgan fingerprint density at radius 2 is 1.62 bits per heavy atom. The normalized spacial score (nSPS) is 25.8. The van der Waals surface area contributed by atoms with Crippen LogP contribution in [0.25, 0.3) is 0 Å². The predicted molar refractivity (Wildman–Crippen MR) is 97.5 cm³/mol.